The molecular formula is C17H40O4Si3. The predicted octanol–water partition coefficient (Wildman–Crippen LogP) is 5.67. The highest BCUT2D eigenvalue weighted by molar-refractivity contribution is 6.87. The quantitative estimate of drug-likeness (QED) is 0.230. The van der Waals surface area contributed by atoms with Gasteiger partial charge in [0.1, 0.15) is 0 Å². The maximum atomic E-state index is 11.9. The second-order valence-electron chi connectivity index (χ2n) is 8.70. The van der Waals surface area contributed by atoms with E-state index >= 15 is 0 Å². The van der Waals surface area contributed by atoms with Crippen molar-refractivity contribution in [2.24, 2.45) is 0 Å². The van der Waals surface area contributed by atoms with E-state index in [9.17, 15) is 4.79 Å². The number of rotatable bonds is 13. The van der Waals surface area contributed by atoms with Crippen LogP contribution in [0.1, 0.15) is 45.4 Å². The maximum absolute atomic E-state index is 11.9. The van der Waals surface area contributed by atoms with Crippen LogP contribution in [0.15, 0.2) is 0 Å². The molecule has 4 nitrogen and oxygen atoms in total. The molecule has 0 unspecified atom stereocenters. The second kappa shape index (κ2) is 10.9. The van der Waals surface area contributed by atoms with Crippen molar-refractivity contribution in [1.29, 1.82) is 0 Å². The molecule has 0 aromatic carbocycles. The summed E-state index contributed by atoms with van der Waals surface area (Å²) in [4.78, 5) is 11.9. The molecule has 0 bridgehead atoms. The molecule has 0 fully saturated rings. The van der Waals surface area contributed by atoms with Gasteiger partial charge in [0.25, 0.3) is 0 Å². The Labute approximate surface area is 153 Å². The minimum atomic E-state index is -2.29. The Morgan fingerprint density at radius 1 is 0.792 bits per heavy atom. The summed E-state index contributed by atoms with van der Waals surface area (Å²) in [7, 11) is -5.66. The van der Waals surface area contributed by atoms with Gasteiger partial charge in [0.15, 0.2) is 16.6 Å². The monoisotopic (exact) mass is 392 g/mol. The predicted molar refractivity (Wildman–Crippen MR) is 110 cm³/mol. The smallest absolute Gasteiger partial charge is 0.317 e. The van der Waals surface area contributed by atoms with Gasteiger partial charge in [-0.15, -0.1) is 0 Å². The molecule has 0 aliphatic carbocycles. The first-order chi connectivity index (χ1) is 10.9. The van der Waals surface area contributed by atoms with Gasteiger partial charge >= 0.3 is 14.5 Å². The van der Waals surface area contributed by atoms with E-state index in [0.717, 1.165) is 18.9 Å². The summed E-state index contributed by atoms with van der Waals surface area (Å²) in [6, 6.07) is 0.725. The molecule has 0 amide bonds. The van der Waals surface area contributed by atoms with E-state index in [0.29, 0.717) is 13.0 Å². The largest absolute Gasteiger partial charge is 0.466 e. The minimum Gasteiger partial charge on any atom is -0.466 e. The van der Waals surface area contributed by atoms with Crippen LogP contribution in [-0.4, -0.2) is 37.8 Å². The zero-order valence-electron chi connectivity index (χ0n) is 17.3. The van der Waals surface area contributed by atoms with Gasteiger partial charge < -0.3 is 13.0 Å². The van der Waals surface area contributed by atoms with Gasteiger partial charge in [-0.1, -0.05) is 32.6 Å². The van der Waals surface area contributed by atoms with Gasteiger partial charge in [0.2, 0.25) is 0 Å². The zero-order chi connectivity index (χ0) is 18.9. The molecule has 0 aromatic heterocycles. The summed E-state index contributed by atoms with van der Waals surface area (Å²) < 4.78 is 18.3. The van der Waals surface area contributed by atoms with Gasteiger partial charge in [0.05, 0.1) is 6.61 Å². The van der Waals surface area contributed by atoms with Crippen LogP contribution in [0.2, 0.25) is 51.9 Å². The molecule has 0 rings (SSSR count). The number of unbranched alkanes of at least 4 members (excludes halogenated alkanes) is 4. The van der Waals surface area contributed by atoms with Crippen LogP contribution in [0.5, 0.6) is 0 Å². The van der Waals surface area contributed by atoms with Crippen LogP contribution in [-0.2, 0) is 17.8 Å². The number of carbonyl (C=O) groups is 1. The molecule has 0 aromatic rings. The summed E-state index contributed by atoms with van der Waals surface area (Å²) >= 11 is 0. The molecule has 0 aliphatic heterocycles. The normalized spacial score (nSPS) is 13.2. The van der Waals surface area contributed by atoms with E-state index in [1.54, 1.807) is 0 Å². The summed E-state index contributed by atoms with van der Waals surface area (Å²) in [5.41, 5.74) is 0. The fourth-order valence-corrected chi connectivity index (χ4v) is 14.9. The summed E-state index contributed by atoms with van der Waals surface area (Å²) in [5, 5.41) is 0. The average molecular weight is 393 g/mol. The van der Waals surface area contributed by atoms with E-state index in [1.807, 2.05) is 0 Å². The summed E-state index contributed by atoms with van der Waals surface area (Å²) in [6.45, 7) is 17.9. The van der Waals surface area contributed by atoms with E-state index < -0.39 is 25.2 Å². The number of hydrogen-bond acceptors (Lipinski definition) is 4. The van der Waals surface area contributed by atoms with Crippen molar-refractivity contribution in [2.45, 2.75) is 97.3 Å². The second-order valence-corrected chi connectivity index (χ2v) is 21.5. The lowest BCUT2D eigenvalue weighted by Crippen LogP contribution is -2.53. The Hall–Kier alpha value is 0.0406. The Balaban J connectivity index is 4.29. The third-order valence-electron chi connectivity index (χ3n) is 3.35. The van der Waals surface area contributed by atoms with Crippen LogP contribution in [0.3, 0.4) is 0 Å². The lowest BCUT2D eigenvalue weighted by Gasteiger charge is -2.38. The van der Waals surface area contributed by atoms with Crippen molar-refractivity contribution in [3.63, 3.8) is 0 Å². The number of carbonyl (C=O) groups excluding carboxylic acids is 1. The molecule has 144 valence electrons. The van der Waals surface area contributed by atoms with Crippen molar-refractivity contribution in [1.82, 2.24) is 0 Å². The highest BCUT2D eigenvalue weighted by atomic mass is 28.5. The molecule has 0 N–H and O–H groups in total. The van der Waals surface area contributed by atoms with Crippen molar-refractivity contribution < 1.29 is 17.8 Å². The molecule has 0 aliphatic rings. The highest BCUT2D eigenvalue weighted by Gasteiger charge is 2.40. The Morgan fingerprint density at radius 2 is 1.29 bits per heavy atom. The average Bonchev–Trinajstić information content (AvgIpc) is 2.33. The minimum absolute atomic E-state index is 0.0798. The number of hydrogen-bond donors (Lipinski definition) is 0. The van der Waals surface area contributed by atoms with Crippen molar-refractivity contribution in [3.8, 4) is 0 Å². The van der Waals surface area contributed by atoms with Crippen LogP contribution in [0, 0.1) is 0 Å². The fraction of sp³-hybridized carbons (Fsp3) is 0.941. The van der Waals surface area contributed by atoms with E-state index in [1.165, 1.54) is 19.3 Å². The van der Waals surface area contributed by atoms with Gasteiger partial charge in [-0.2, -0.15) is 0 Å². The molecule has 7 heteroatoms. The van der Waals surface area contributed by atoms with Crippen LogP contribution in [0.4, 0.5) is 0 Å². The van der Waals surface area contributed by atoms with Crippen molar-refractivity contribution in [3.05, 3.63) is 0 Å². The lowest BCUT2D eigenvalue weighted by molar-refractivity contribution is -0.143. The molecule has 0 saturated heterocycles. The van der Waals surface area contributed by atoms with Crippen molar-refractivity contribution >= 4 is 31.2 Å². The van der Waals surface area contributed by atoms with Crippen LogP contribution < -0.4 is 0 Å². The Bertz CT molecular complexity index is 346. The molecule has 0 heterocycles. The Morgan fingerprint density at radius 3 is 1.75 bits per heavy atom. The van der Waals surface area contributed by atoms with E-state index in [4.69, 9.17) is 13.0 Å². The SMILES string of the molecule is CCCCCCCC(=O)OCC[Si](C)(O[Si](C)(C)C)O[Si](C)(C)C. The van der Waals surface area contributed by atoms with Gasteiger partial charge in [-0.25, -0.2) is 0 Å². The number of ether oxygens (including phenoxy) is 1. The van der Waals surface area contributed by atoms with Gasteiger partial charge in [-0.05, 0) is 52.2 Å². The van der Waals surface area contributed by atoms with E-state index in [-0.39, 0.29) is 5.97 Å². The highest BCUT2D eigenvalue weighted by Crippen LogP contribution is 2.24. The van der Waals surface area contributed by atoms with Crippen LogP contribution >= 0.6 is 0 Å². The first-order valence-corrected chi connectivity index (χ1v) is 18.8. The zero-order valence-corrected chi connectivity index (χ0v) is 20.3. The standard InChI is InChI=1S/C17H40O4Si3/c1-9-10-11-12-13-14-17(18)19-15-16-24(8,20-22(2,3)4)21-23(5,6)7/h9-16H2,1-8H3. The van der Waals surface area contributed by atoms with Gasteiger partial charge in [-0.3, -0.25) is 4.79 Å². The molecule has 0 atom stereocenters. The summed E-state index contributed by atoms with van der Waals surface area (Å²) in [6.07, 6.45) is 6.27. The third-order valence-corrected chi connectivity index (χ3v) is 12.8. The first kappa shape index (κ1) is 24.0. The molecular weight excluding hydrogens is 352 g/mol. The third kappa shape index (κ3) is 14.4. The first-order valence-electron chi connectivity index (χ1n) is 9.43. The van der Waals surface area contributed by atoms with E-state index in [2.05, 4.69) is 52.8 Å². The lowest BCUT2D eigenvalue weighted by atomic mass is 10.1. The molecule has 0 saturated carbocycles. The fourth-order valence-electron chi connectivity index (χ4n) is 2.71. The van der Waals surface area contributed by atoms with Crippen LogP contribution in [0.25, 0.3) is 0 Å². The molecule has 0 spiro atoms. The molecule has 24 heavy (non-hydrogen) atoms. The topological polar surface area (TPSA) is 44.8 Å². The summed E-state index contributed by atoms with van der Waals surface area (Å²) in [5.74, 6) is -0.0798. The molecule has 0 radical (unpaired) electrons. The maximum Gasteiger partial charge on any atom is 0.317 e. The number of esters is 1. The van der Waals surface area contributed by atoms with Crippen molar-refractivity contribution in [2.75, 3.05) is 6.61 Å². The van der Waals surface area contributed by atoms with Gasteiger partial charge in [0, 0.05) is 12.5 Å². The Kier molecular flexibility index (Phi) is 10.9.